The van der Waals surface area contributed by atoms with Crippen molar-refractivity contribution >= 4 is 72.1 Å². The second-order valence-corrected chi connectivity index (χ2v) is 9.10. The van der Waals surface area contributed by atoms with Crippen LogP contribution in [-0.4, -0.2) is 30.6 Å². The number of pyridine rings is 1. The van der Waals surface area contributed by atoms with Crippen molar-refractivity contribution in [1.82, 2.24) is 24.7 Å². The van der Waals surface area contributed by atoms with Crippen molar-refractivity contribution in [1.29, 1.82) is 0 Å². The van der Waals surface area contributed by atoms with Crippen LogP contribution in [0.5, 0.6) is 0 Å². The number of benzene rings is 2. The number of aromatic nitrogens is 5. The third-order valence-corrected chi connectivity index (χ3v) is 7.02. The number of amides is 1. The topological polar surface area (TPSA) is 124 Å². The average Bonchev–Trinajstić information content (AvgIpc) is 3.46. The molecule has 10 heteroatoms. The number of fused-ring (bicyclic) bond motifs is 3. The molecule has 0 aliphatic rings. The Morgan fingerprint density at radius 3 is 2.86 bits per heavy atom. The van der Waals surface area contributed by atoms with E-state index in [1.807, 2.05) is 61.2 Å². The maximum atomic E-state index is 13.3. The quantitative estimate of drug-likeness (QED) is 0.324. The highest BCUT2D eigenvalue weighted by Crippen LogP contribution is 2.34. The third kappa shape index (κ3) is 3.51. The van der Waals surface area contributed by atoms with Gasteiger partial charge >= 0.3 is 0 Å². The molecule has 2 aromatic carbocycles. The molecular weight excluding hydrogens is 460 g/mol. The lowest BCUT2D eigenvalue weighted by Crippen LogP contribution is -2.13. The number of hydrogen-bond acceptors (Lipinski definition) is 8. The Morgan fingerprint density at radius 2 is 1.97 bits per heavy atom. The second kappa shape index (κ2) is 8.03. The maximum absolute atomic E-state index is 13.3. The number of carbonyl (C=O) groups excluding carboxylic acids is 1. The average molecular weight is 481 g/mol. The molecule has 0 unspecified atom stereocenters. The van der Waals surface area contributed by atoms with Crippen molar-refractivity contribution < 1.29 is 4.79 Å². The lowest BCUT2D eigenvalue weighted by molar-refractivity contribution is 0.102. The van der Waals surface area contributed by atoms with Crippen molar-refractivity contribution in [2.24, 2.45) is 7.05 Å². The third-order valence-electron chi connectivity index (χ3n) is 6.03. The molecule has 0 aliphatic heterocycles. The van der Waals surface area contributed by atoms with Crippen LogP contribution in [-0.2, 0) is 7.05 Å². The number of nitrogens with zero attached hydrogens (tertiary/aromatic N) is 5. The summed E-state index contributed by atoms with van der Waals surface area (Å²) in [5.74, 6) is 0.811. The first-order chi connectivity index (χ1) is 17.0. The number of nitrogens with two attached hydrogens (primary N) is 1. The van der Waals surface area contributed by atoms with Gasteiger partial charge < -0.3 is 16.4 Å². The number of hydrogen-bond donors (Lipinski definition) is 3. The molecule has 4 heterocycles. The van der Waals surface area contributed by atoms with E-state index in [4.69, 9.17) is 5.73 Å². The Morgan fingerprint density at radius 1 is 1.09 bits per heavy atom. The first kappa shape index (κ1) is 21.0. The Hall–Kier alpha value is -4.57. The van der Waals surface area contributed by atoms with Gasteiger partial charge in [0.1, 0.15) is 18.0 Å². The molecule has 9 nitrogen and oxygen atoms in total. The molecule has 6 aromatic rings. The summed E-state index contributed by atoms with van der Waals surface area (Å²) in [6, 6.07) is 11.9. The van der Waals surface area contributed by atoms with Gasteiger partial charge in [-0.2, -0.15) is 5.10 Å². The summed E-state index contributed by atoms with van der Waals surface area (Å²) in [5, 5.41) is 15.4. The summed E-state index contributed by atoms with van der Waals surface area (Å²) in [7, 11) is 1.91. The highest BCUT2D eigenvalue weighted by molar-refractivity contribution is 7.18. The molecule has 0 saturated heterocycles. The fourth-order valence-electron chi connectivity index (χ4n) is 4.20. The highest BCUT2D eigenvalue weighted by Gasteiger charge is 2.18. The monoisotopic (exact) mass is 480 g/mol. The molecule has 4 aromatic heterocycles. The van der Waals surface area contributed by atoms with Gasteiger partial charge in [0, 0.05) is 40.5 Å². The van der Waals surface area contributed by atoms with Gasteiger partial charge in [0.2, 0.25) is 0 Å². The van der Waals surface area contributed by atoms with Crippen LogP contribution < -0.4 is 16.4 Å². The van der Waals surface area contributed by atoms with E-state index in [-0.39, 0.29) is 5.91 Å². The van der Waals surface area contributed by atoms with E-state index in [2.05, 4.69) is 30.7 Å². The number of aryl methyl sites for hydroxylation is 2. The molecular formula is C25H20N8OS. The number of nitrogens with one attached hydrogen (secondary N) is 2. The maximum Gasteiger partial charge on any atom is 0.258 e. The first-order valence-corrected chi connectivity index (χ1v) is 11.7. The molecule has 0 aliphatic carbocycles. The number of anilines is 4. The molecule has 6 rings (SSSR count). The van der Waals surface area contributed by atoms with Crippen LogP contribution in [0.3, 0.4) is 0 Å². The van der Waals surface area contributed by atoms with Crippen LogP contribution in [0, 0.1) is 6.92 Å². The molecule has 0 bridgehead atoms. The standard InChI is InChI=1S/C25H20N8OS/c1-13-3-6-17-16(20(13)32-25(34)18-11-35-22-21(18)28-12-29-23(22)26)7-8-27-24(17)31-15-5-4-14-10-30-33(2)19(14)9-15/h3-12H,1-2H3,(H,27,31)(H,32,34)(H2,26,28,29). The van der Waals surface area contributed by atoms with Crippen LogP contribution in [0.2, 0.25) is 0 Å². The second-order valence-electron chi connectivity index (χ2n) is 8.22. The van der Waals surface area contributed by atoms with E-state index in [1.54, 1.807) is 11.6 Å². The van der Waals surface area contributed by atoms with Gasteiger partial charge in [-0.15, -0.1) is 11.3 Å². The summed E-state index contributed by atoms with van der Waals surface area (Å²) in [5.41, 5.74) is 10.5. The van der Waals surface area contributed by atoms with Gasteiger partial charge in [0.15, 0.2) is 0 Å². The fraction of sp³-hybridized carbons (Fsp3) is 0.0800. The lowest BCUT2D eigenvalue weighted by Gasteiger charge is -2.15. The van der Waals surface area contributed by atoms with Crippen molar-refractivity contribution in [2.45, 2.75) is 6.92 Å². The van der Waals surface area contributed by atoms with E-state index >= 15 is 0 Å². The largest absolute Gasteiger partial charge is 0.382 e. The van der Waals surface area contributed by atoms with E-state index < -0.39 is 0 Å². The summed E-state index contributed by atoms with van der Waals surface area (Å²) < 4.78 is 2.54. The van der Waals surface area contributed by atoms with Crippen LogP contribution in [0.1, 0.15) is 15.9 Å². The summed E-state index contributed by atoms with van der Waals surface area (Å²) >= 11 is 1.36. The van der Waals surface area contributed by atoms with Crippen molar-refractivity contribution in [3.63, 3.8) is 0 Å². The number of nitrogen functional groups attached to an aromatic ring is 1. The lowest BCUT2D eigenvalue weighted by atomic mass is 10.0. The normalized spacial score (nSPS) is 11.4. The highest BCUT2D eigenvalue weighted by atomic mass is 32.1. The molecule has 1 amide bonds. The molecule has 0 atom stereocenters. The molecule has 0 fully saturated rings. The SMILES string of the molecule is Cc1ccc2c(Nc3ccc4cnn(C)c4c3)nccc2c1NC(=O)c1csc2c(N)ncnc12. The summed E-state index contributed by atoms with van der Waals surface area (Å²) in [4.78, 5) is 26.1. The minimum Gasteiger partial charge on any atom is -0.382 e. The smallest absolute Gasteiger partial charge is 0.258 e. The summed E-state index contributed by atoms with van der Waals surface area (Å²) in [6.45, 7) is 1.96. The van der Waals surface area contributed by atoms with Crippen molar-refractivity contribution in [3.8, 4) is 0 Å². The zero-order valence-corrected chi connectivity index (χ0v) is 19.7. The Bertz CT molecular complexity index is 1770. The van der Waals surface area contributed by atoms with E-state index in [0.717, 1.165) is 38.6 Å². The number of thiophene rings is 1. The zero-order valence-electron chi connectivity index (χ0n) is 18.9. The van der Waals surface area contributed by atoms with E-state index in [0.29, 0.717) is 27.4 Å². The minimum absolute atomic E-state index is 0.252. The Labute approximate surface area is 203 Å². The molecule has 4 N–H and O–H groups in total. The van der Waals surface area contributed by atoms with Gasteiger partial charge in [-0.1, -0.05) is 12.1 Å². The van der Waals surface area contributed by atoms with Gasteiger partial charge in [-0.3, -0.25) is 9.48 Å². The molecule has 0 saturated carbocycles. The summed E-state index contributed by atoms with van der Waals surface area (Å²) in [6.07, 6.45) is 4.94. The molecule has 0 radical (unpaired) electrons. The van der Waals surface area contributed by atoms with E-state index in [1.165, 1.54) is 17.7 Å². The first-order valence-electron chi connectivity index (χ1n) is 10.9. The predicted octanol–water partition coefficient (Wildman–Crippen LogP) is 5.01. The Balaban J connectivity index is 1.38. The minimum atomic E-state index is -0.252. The Kier molecular flexibility index (Phi) is 4.82. The van der Waals surface area contributed by atoms with Crippen molar-refractivity contribution in [3.05, 3.63) is 71.6 Å². The van der Waals surface area contributed by atoms with Gasteiger partial charge in [0.25, 0.3) is 5.91 Å². The molecule has 35 heavy (non-hydrogen) atoms. The predicted molar refractivity (Wildman–Crippen MR) is 140 cm³/mol. The van der Waals surface area contributed by atoms with E-state index in [9.17, 15) is 4.79 Å². The van der Waals surface area contributed by atoms with Crippen LogP contribution in [0.4, 0.5) is 23.0 Å². The van der Waals surface area contributed by atoms with Crippen LogP contribution >= 0.6 is 11.3 Å². The number of rotatable bonds is 4. The van der Waals surface area contributed by atoms with Gasteiger partial charge in [-0.05, 0) is 36.8 Å². The van der Waals surface area contributed by atoms with Gasteiger partial charge in [0.05, 0.1) is 33.2 Å². The zero-order chi connectivity index (χ0) is 24.1. The molecule has 0 spiro atoms. The molecule has 172 valence electrons. The van der Waals surface area contributed by atoms with Crippen molar-refractivity contribution in [2.75, 3.05) is 16.4 Å². The van der Waals surface area contributed by atoms with Gasteiger partial charge in [-0.25, -0.2) is 15.0 Å². The fourth-order valence-corrected chi connectivity index (χ4v) is 5.10. The van der Waals surface area contributed by atoms with Crippen LogP contribution in [0.25, 0.3) is 31.9 Å². The van der Waals surface area contributed by atoms with Crippen LogP contribution in [0.15, 0.2) is 60.5 Å². The number of carbonyl (C=O) groups is 1.